The number of likely N-dealkylation sites (N-methyl/N-ethyl adjacent to an activating group) is 1. The van der Waals surface area contributed by atoms with Gasteiger partial charge in [0.05, 0.1) is 12.6 Å². The van der Waals surface area contributed by atoms with E-state index in [-0.39, 0.29) is 18.7 Å². The lowest BCUT2D eigenvalue weighted by Gasteiger charge is -2.32. The Hall–Kier alpha value is -1.59. The molecule has 0 aromatic heterocycles. The van der Waals surface area contributed by atoms with Gasteiger partial charge in [-0.05, 0) is 51.3 Å². The number of piperidine rings is 1. The Balaban J connectivity index is 1.69. The SMILES string of the molecule is Cc1ccc(CN2CCC(CNC(=O)N(C)C(C)CO)CC2)cc1. The molecule has 1 aromatic rings. The van der Waals surface area contributed by atoms with Crippen molar-refractivity contribution in [2.45, 2.75) is 39.3 Å². The first-order valence-electron chi connectivity index (χ1n) is 8.89. The fourth-order valence-corrected chi connectivity index (χ4v) is 2.98. The van der Waals surface area contributed by atoms with Crippen molar-refractivity contribution in [3.05, 3.63) is 35.4 Å². The summed E-state index contributed by atoms with van der Waals surface area (Å²) in [6.45, 7) is 7.83. The molecule has 2 N–H and O–H groups in total. The third-order valence-electron chi connectivity index (χ3n) is 5.02. The van der Waals surface area contributed by atoms with Crippen molar-refractivity contribution in [1.29, 1.82) is 0 Å². The minimum absolute atomic E-state index is 0.0126. The monoisotopic (exact) mass is 333 g/mol. The Morgan fingerprint density at radius 2 is 1.96 bits per heavy atom. The average molecular weight is 333 g/mol. The summed E-state index contributed by atoms with van der Waals surface area (Å²) in [5.41, 5.74) is 2.67. The van der Waals surface area contributed by atoms with Crippen molar-refractivity contribution >= 4 is 6.03 Å². The molecule has 1 saturated heterocycles. The quantitative estimate of drug-likeness (QED) is 0.839. The lowest BCUT2D eigenvalue weighted by atomic mass is 9.96. The highest BCUT2D eigenvalue weighted by Gasteiger charge is 2.21. The Bertz CT molecular complexity index is 510. The highest BCUT2D eigenvalue weighted by molar-refractivity contribution is 5.74. The van der Waals surface area contributed by atoms with Crippen LogP contribution >= 0.6 is 0 Å². The number of rotatable bonds is 6. The number of amides is 2. The molecule has 1 aliphatic heterocycles. The van der Waals surface area contributed by atoms with Gasteiger partial charge in [0.25, 0.3) is 0 Å². The highest BCUT2D eigenvalue weighted by Crippen LogP contribution is 2.18. The molecule has 0 spiro atoms. The molecule has 2 rings (SSSR count). The molecule has 5 nitrogen and oxygen atoms in total. The molecule has 1 unspecified atom stereocenters. The topological polar surface area (TPSA) is 55.8 Å². The van der Waals surface area contributed by atoms with E-state index in [9.17, 15) is 4.79 Å². The number of hydrogen-bond donors (Lipinski definition) is 2. The van der Waals surface area contributed by atoms with Crippen molar-refractivity contribution in [2.24, 2.45) is 5.92 Å². The van der Waals surface area contributed by atoms with E-state index in [0.29, 0.717) is 5.92 Å². The van der Waals surface area contributed by atoms with E-state index in [2.05, 4.69) is 41.4 Å². The van der Waals surface area contributed by atoms with E-state index < -0.39 is 0 Å². The number of aliphatic hydroxyl groups excluding tert-OH is 1. The second-order valence-electron chi connectivity index (χ2n) is 7.03. The third-order valence-corrected chi connectivity index (χ3v) is 5.02. The molecule has 0 aliphatic carbocycles. The number of benzene rings is 1. The van der Waals surface area contributed by atoms with Crippen LogP contribution < -0.4 is 5.32 Å². The first kappa shape index (κ1) is 18.7. The summed E-state index contributed by atoms with van der Waals surface area (Å²) in [6, 6.07) is 8.50. The van der Waals surface area contributed by atoms with Crippen LogP contribution in [0.15, 0.2) is 24.3 Å². The van der Waals surface area contributed by atoms with Gasteiger partial charge in [0.15, 0.2) is 0 Å². The number of likely N-dealkylation sites (tertiary alicyclic amines) is 1. The molecule has 0 radical (unpaired) electrons. The standard InChI is InChI=1S/C19H31N3O2/c1-15-4-6-18(7-5-15)13-22-10-8-17(9-11-22)12-20-19(24)21(3)16(2)14-23/h4-7,16-17,23H,8-14H2,1-3H3,(H,20,24). The first-order valence-corrected chi connectivity index (χ1v) is 8.89. The van der Waals surface area contributed by atoms with Crippen LogP contribution in [0.25, 0.3) is 0 Å². The Morgan fingerprint density at radius 3 is 2.54 bits per heavy atom. The van der Waals surface area contributed by atoms with Crippen LogP contribution in [0.4, 0.5) is 4.79 Å². The first-order chi connectivity index (χ1) is 11.5. The molecular formula is C19H31N3O2. The fraction of sp³-hybridized carbons (Fsp3) is 0.632. The molecule has 1 heterocycles. The minimum atomic E-state index is -0.152. The number of carbonyl (C=O) groups excluding carboxylic acids is 1. The lowest BCUT2D eigenvalue weighted by molar-refractivity contribution is 0.149. The van der Waals surface area contributed by atoms with Gasteiger partial charge in [-0.25, -0.2) is 4.79 Å². The maximum atomic E-state index is 12.0. The van der Waals surface area contributed by atoms with Crippen molar-refractivity contribution in [3.63, 3.8) is 0 Å². The number of aryl methyl sites for hydroxylation is 1. The summed E-state index contributed by atoms with van der Waals surface area (Å²) < 4.78 is 0. The van der Waals surface area contributed by atoms with Gasteiger partial charge in [-0.1, -0.05) is 29.8 Å². The highest BCUT2D eigenvalue weighted by atomic mass is 16.3. The maximum Gasteiger partial charge on any atom is 0.317 e. The summed E-state index contributed by atoms with van der Waals surface area (Å²) in [4.78, 5) is 16.1. The molecule has 0 bridgehead atoms. The van der Waals surface area contributed by atoms with Gasteiger partial charge < -0.3 is 15.3 Å². The Labute approximate surface area is 145 Å². The predicted molar refractivity (Wildman–Crippen MR) is 96.9 cm³/mol. The van der Waals surface area contributed by atoms with E-state index >= 15 is 0 Å². The van der Waals surface area contributed by atoms with Gasteiger partial charge in [0.2, 0.25) is 0 Å². The van der Waals surface area contributed by atoms with Gasteiger partial charge in [0.1, 0.15) is 0 Å². The van der Waals surface area contributed by atoms with Crippen LogP contribution in [-0.4, -0.2) is 60.3 Å². The molecule has 5 heteroatoms. The molecule has 134 valence electrons. The van der Waals surface area contributed by atoms with E-state index in [1.54, 1.807) is 11.9 Å². The zero-order valence-corrected chi connectivity index (χ0v) is 15.2. The number of hydrogen-bond acceptors (Lipinski definition) is 3. The molecular weight excluding hydrogens is 302 g/mol. The van der Waals surface area contributed by atoms with Crippen LogP contribution in [0.1, 0.15) is 30.9 Å². The zero-order valence-electron chi connectivity index (χ0n) is 15.2. The Kier molecular flexibility index (Phi) is 7.06. The van der Waals surface area contributed by atoms with Gasteiger partial charge in [0, 0.05) is 20.1 Å². The van der Waals surface area contributed by atoms with E-state index in [1.165, 1.54) is 11.1 Å². The normalized spacial score (nSPS) is 17.5. The summed E-state index contributed by atoms with van der Waals surface area (Å²) in [5, 5.41) is 12.1. The van der Waals surface area contributed by atoms with Gasteiger partial charge in [-0.2, -0.15) is 0 Å². The Morgan fingerprint density at radius 1 is 1.33 bits per heavy atom. The number of aliphatic hydroxyl groups is 1. The number of carbonyl (C=O) groups is 1. The van der Waals surface area contributed by atoms with Crippen molar-refractivity contribution in [1.82, 2.24) is 15.1 Å². The van der Waals surface area contributed by atoms with Gasteiger partial charge in [-0.3, -0.25) is 4.90 Å². The van der Waals surface area contributed by atoms with Crippen molar-refractivity contribution in [3.8, 4) is 0 Å². The summed E-state index contributed by atoms with van der Waals surface area (Å²) >= 11 is 0. The van der Waals surface area contributed by atoms with E-state index in [4.69, 9.17) is 5.11 Å². The summed E-state index contributed by atoms with van der Waals surface area (Å²) in [7, 11) is 1.72. The molecule has 1 aromatic carbocycles. The van der Waals surface area contributed by atoms with Crippen molar-refractivity contribution in [2.75, 3.05) is 33.3 Å². The smallest absolute Gasteiger partial charge is 0.317 e. The van der Waals surface area contributed by atoms with E-state index in [0.717, 1.165) is 39.0 Å². The molecule has 0 saturated carbocycles. The largest absolute Gasteiger partial charge is 0.394 e. The number of nitrogens with one attached hydrogen (secondary N) is 1. The average Bonchev–Trinajstić information content (AvgIpc) is 2.61. The minimum Gasteiger partial charge on any atom is -0.394 e. The maximum absolute atomic E-state index is 12.0. The molecule has 1 fully saturated rings. The van der Waals surface area contributed by atoms with Crippen LogP contribution in [0.2, 0.25) is 0 Å². The second-order valence-corrected chi connectivity index (χ2v) is 7.03. The van der Waals surface area contributed by atoms with Crippen LogP contribution in [0.5, 0.6) is 0 Å². The second kappa shape index (κ2) is 9.04. The molecule has 1 atom stereocenters. The zero-order chi connectivity index (χ0) is 17.5. The van der Waals surface area contributed by atoms with Crippen molar-refractivity contribution < 1.29 is 9.90 Å². The van der Waals surface area contributed by atoms with Crippen LogP contribution in [0.3, 0.4) is 0 Å². The third kappa shape index (κ3) is 5.49. The van der Waals surface area contributed by atoms with E-state index in [1.807, 2.05) is 6.92 Å². The summed E-state index contributed by atoms with van der Waals surface area (Å²) in [5.74, 6) is 0.543. The predicted octanol–water partition coefficient (Wildman–Crippen LogP) is 2.23. The molecule has 24 heavy (non-hydrogen) atoms. The van der Waals surface area contributed by atoms with Crippen LogP contribution in [-0.2, 0) is 6.54 Å². The van der Waals surface area contributed by atoms with Crippen LogP contribution in [0, 0.1) is 12.8 Å². The number of nitrogens with zero attached hydrogens (tertiary/aromatic N) is 2. The summed E-state index contributed by atoms with van der Waals surface area (Å²) in [6.07, 6.45) is 2.23. The lowest BCUT2D eigenvalue weighted by Crippen LogP contribution is -2.46. The van der Waals surface area contributed by atoms with Gasteiger partial charge >= 0.3 is 6.03 Å². The number of urea groups is 1. The molecule has 2 amide bonds. The van der Waals surface area contributed by atoms with Gasteiger partial charge in [-0.15, -0.1) is 0 Å². The fourth-order valence-electron chi connectivity index (χ4n) is 2.98. The molecule has 1 aliphatic rings.